The summed E-state index contributed by atoms with van der Waals surface area (Å²) < 4.78 is 32.7. The molecule has 2 unspecified atom stereocenters. The lowest BCUT2D eigenvalue weighted by atomic mass is 10.1. The highest BCUT2D eigenvalue weighted by molar-refractivity contribution is 5.98. The van der Waals surface area contributed by atoms with Gasteiger partial charge in [0.1, 0.15) is 11.9 Å². The topological polar surface area (TPSA) is 32.8 Å². The van der Waals surface area contributed by atoms with E-state index in [0.717, 1.165) is 11.8 Å². The van der Waals surface area contributed by atoms with E-state index in [9.17, 15) is 13.6 Å². The summed E-state index contributed by atoms with van der Waals surface area (Å²) in [4.78, 5) is 16.5. The molecule has 130 valence electrons. The molecule has 0 saturated carbocycles. The van der Waals surface area contributed by atoms with Gasteiger partial charge in [0.25, 0.3) is 0 Å². The van der Waals surface area contributed by atoms with Gasteiger partial charge < -0.3 is 9.64 Å². The average molecular weight is 344 g/mol. The van der Waals surface area contributed by atoms with E-state index in [-0.39, 0.29) is 18.1 Å². The fourth-order valence-electron chi connectivity index (χ4n) is 3.61. The first-order chi connectivity index (χ1) is 12.0. The first-order valence-electron chi connectivity index (χ1n) is 8.24. The van der Waals surface area contributed by atoms with E-state index >= 15 is 0 Å². The largest absolute Gasteiger partial charge is 0.487 e. The molecule has 1 saturated heterocycles. The van der Waals surface area contributed by atoms with Crippen LogP contribution in [0.25, 0.3) is 0 Å². The van der Waals surface area contributed by atoms with E-state index < -0.39 is 11.6 Å². The molecule has 25 heavy (non-hydrogen) atoms. The second-order valence-corrected chi connectivity index (χ2v) is 6.53. The minimum absolute atomic E-state index is 0.0131. The minimum Gasteiger partial charge on any atom is -0.487 e. The predicted molar refractivity (Wildman–Crippen MR) is 89.4 cm³/mol. The molecule has 0 radical (unpaired) electrons. The first-order valence-corrected chi connectivity index (χ1v) is 8.24. The van der Waals surface area contributed by atoms with Gasteiger partial charge in [-0.25, -0.2) is 8.78 Å². The van der Waals surface area contributed by atoms with Gasteiger partial charge in [0.05, 0.1) is 11.7 Å². The highest BCUT2D eigenvalue weighted by Gasteiger charge is 2.41. The molecule has 6 heteroatoms. The Labute approximate surface area is 144 Å². The molecule has 4 rings (SSSR count). The molecule has 2 heterocycles. The highest BCUT2D eigenvalue weighted by Crippen LogP contribution is 2.35. The third-order valence-corrected chi connectivity index (χ3v) is 4.87. The van der Waals surface area contributed by atoms with Gasteiger partial charge in [-0.05, 0) is 29.8 Å². The van der Waals surface area contributed by atoms with Crippen molar-refractivity contribution in [2.45, 2.75) is 25.1 Å². The summed E-state index contributed by atoms with van der Waals surface area (Å²) in [5, 5.41) is 0. The zero-order valence-electron chi connectivity index (χ0n) is 13.8. The minimum atomic E-state index is -0.874. The Morgan fingerprint density at radius 1 is 1.16 bits per heavy atom. The van der Waals surface area contributed by atoms with Crippen molar-refractivity contribution in [2.24, 2.45) is 0 Å². The lowest BCUT2D eigenvalue weighted by Gasteiger charge is -2.29. The van der Waals surface area contributed by atoms with Gasteiger partial charge in [-0.1, -0.05) is 18.2 Å². The molecular weight excluding hydrogens is 326 g/mol. The third kappa shape index (κ3) is 2.87. The maximum absolute atomic E-state index is 13.5. The molecule has 2 bridgehead atoms. The zero-order valence-corrected chi connectivity index (χ0v) is 13.8. The van der Waals surface area contributed by atoms with Crippen LogP contribution in [0, 0.1) is 11.6 Å². The van der Waals surface area contributed by atoms with Gasteiger partial charge in [0.2, 0.25) is 5.91 Å². The van der Waals surface area contributed by atoms with Crippen LogP contribution in [-0.4, -0.2) is 36.5 Å². The third-order valence-electron chi connectivity index (χ3n) is 4.87. The van der Waals surface area contributed by atoms with Crippen LogP contribution < -0.4 is 9.64 Å². The van der Waals surface area contributed by atoms with Crippen LogP contribution in [-0.2, 0) is 11.3 Å². The fourth-order valence-corrected chi connectivity index (χ4v) is 3.61. The number of rotatable bonds is 2. The number of benzene rings is 2. The Morgan fingerprint density at radius 2 is 1.96 bits per heavy atom. The lowest BCUT2D eigenvalue weighted by Crippen LogP contribution is -2.44. The number of amides is 1. The molecule has 0 N–H and O–H groups in total. The van der Waals surface area contributed by atoms with Crippen LogP contribution in [0.5, 0.6) is 5.75 Å². The number of nitrogens with zero attached hydrogens (tertiary/aromatic N) is 2. The summed E-state index contributed by atoms with van der Waals surface area (Å²) in [6.45, 7) is 0.940. The zero-order chi connectivity index (χ0) is 17.6. The van der Waals surface area contributed by atoms with Crippen molar-refractivity contribution in [1.29, 1.82) is 0 Å². The van der Waals surface area contributed by atoms with E-state index in [4.69, 9.17) is 4.74 Å². The number of halogens is 2. The van der Waals surface area contributed by atoms with Gasteiger partial charge in [-0.2, -0.15) is 0 Å². The summed E-state index contributed by atoms with van der Waals surface area (Å²) in [5.41, 5.74) is 1.38. The maximum Gasteiger partial charge on any atom is 0.244 e. The van der Waals surface area contributed by atoms with Crippen LogP contribution in [0.1, 0.15) is 12.0 Å². The lowest BCUT2D eigenvalue weighted by molar-refractivity contribution is -0.122. The molecule has 1 amide bonds. The van der Waals surface area contributed by atoms with Crippen LogP contribution >= 0.6 is 0 Å². The SMILES string of the molecule is CN1C(=O)C2CC(CN2Cc2ccc(F)c(F)c2)Oc2ccccc21. The number of hydrogen-bond acceptors (Lipinski definition) is 3. The Bertz CT molecular complexity index is 827. The first kappa shape index (κ1) is 16.0. The van der Waals surface area contributed by atoms with Crippen molar-refractivity contribution >= 4 is 11.6 Å². The molecule has 4 nitrogen and oxygen atoms in total. The van der Waals surface area contributed by atoms with Crippen molar-refractivity contribution in [2.75, 3.05) is 18.5 Å². The summed E-state index contributed by atoms with van der Waals surface area (Å²) in [5.74, 6) is -1.06. The number of hydrogen-bond donors (Lipinski definition) is 0. The molecule has 2 aliphatic heterocycles. The van der Waals surface area contributed by atoms with E-state index in [2.05, 4.69) is 0 Å². The van der Waals surface area contributed by atoms with E-state index in [0.29, 0.717) is 30.8 Å². The van der Waals surface area contributed by atoms with Gasteiger partial charge in [0, 0.05) is 26.6 Å². The summed E-state index contributed by atoms with van der Waals surface area (Å²) in [6, 6.07) is 11.0. The van der Waals surface area contributed by atoms with Crippen LogP contribution in [0.15, 0.2) is 42.5 Å². The average Bonchev–Trinajstić information content (AvgIpc) is 3.00. The summed E-state index contributed by atoms with van der Waals surface area (Å²) in [7, 11) is 1.74. The number of para-hydroxylation sites is 2. The molecule has 2 atom stereocenters. The molecule has 2 aliphatic rings. The standard InChI is InChI=1S/C19H18F2N2O2/c1-22-16-4-2-3-5-18(16)25-13-9-17(19(22)24)23(11-13)10-12-6-7-14(20)15(21)8-12/h2-8,13,17H,9-11H2,1H3. The number of likely N-dealkylation sites (tertiary alicyclic amines) is 1. The quantitative estimate of drug-likeness (QED) is 0.840. The normalized spacial score (nSPS) is 23.0. The van der Waals surface area contributed by atoms with Gasteiger partial charge in [-0.15, -0.1) is 0 Å². The smallest absolute Gasteiger partial charge is 0.244 e. The van der Waals surface area contributed by atoms with Crippen molar-refractivity contribution in [1.82, 2.24) is 4.90 Å². The molecule has 0 aliphatic carbocycles. The van der Waals surface area contributed by atoms with Crippen molar-refractivity contribution in [3.8, 4) is 5.75 Å². The maximum atomic E-state index is 13.5. The Kier molecular flexibility index (Phi) is 3.92. The monoisotopic (exact) mass is 344 g/mol. The van der Waals surface area contributed by atoms with Crippen LogP contribution in [0.2, 0.25) is 0 Å². The molecular formula is C19H18F2N2O2. The van der Waals surface area contributed by atoms with Gasteiger partial charge in [-0.3, -0.25) is 9.69 Å². The number of ether oxygens (including phenoxy) is 1. The number of likely N-dealkylation sites (N-methyl/N-ethyl adjacent to an activating group) is 1. The Balaban J connectivity index is 1.62. The highest BCUT2D eigenvalue weighted by atomic mass is 19.2. The van der Waals surface area contributed by atoms with E-state index in [1.807, 2.05) is 29.2 Å². The Morgan fingerprint density at radius 3 is 2.76 bits per heavy atom. The van der Waals surface area contributed by atoms with Gasteiger partial charge >= 0.3 is 0 Å². The second-order valence-electron chi connectivity index (χ2n) is 6.53. The van der Waals surface area contributed by atoms with Gasteiger partial charge in [0.15, 0.2) is 11.6 Å². The Hall–Kier alpha value is -2.47. The van der Waals surface area contributed by atoms with Crippen molar-refractivity contribution in [3.63, 3.8) is 0 Å². The predicted octanol–water partition coefficient (Wildman–Crippen LogP) is 2.96. The number of carbonyl (C=O) groups excluding carboxylic acids is 1. The number of anilines is 1. The van der Waals surface area contributed by atoms with Crippen LogP contribution in [0.4, 0.5) is 14.5 Å². The van der Waals surface area contributed by atoms with Crippen molar-refractivity contribution < 1.29 is 18.3 Å². The van der Waals surface area contributed by atoms with Crippen molar-refractivity contribution in [3.05, 3.63) is 59.7 Å². The molecule has 2 aromatic rings. The number of carbonyl (C=O) groups is 1. The summed E-state index contributed by atoms with van der Waals surface area (Å²) in [6.07, 6.45) is 0.482. The number of fused-ring (bicyclic) bond motifs is 3. The molecule has 2 aromatic carbocycles. The molecule has 0 aromatic heterocycles. The second kappa shape index (κ2) is 6.11. The fraction of sp³-hybridized carbons (Fsp3) is 0.316. The van der Waals surface area contributed by atoms with E-state index in [1.54, 1.807) is 18.0 Å². The van der Waals surface area contributed by atoms with Crippen LogP contribution in [0.3, 0.4) is 0 Å². The molecule has 0 spiro atoms. The van der Waals surface area contributed by atoms with E-state index in [1.165, 1.54) is 6.07 Å². The summed E-state index contributed by atoms with van der Waals surface area (Å²) >= 11 is 0. The molecule has 1 fully saturated rings.